The predicted octanol–water partition coefficient (Wildman–Crippen LogP) is 3.05. The van der Waals surface area contributed by atoms with Crippen LogP contribution in [0.1, 0.15) is 19.8 Å². The van der Waals surface area contributed by atoms with E-state index in [1.807, 2.05) is 0 Å². The number of nitrogens with one attached hydrogen (secondary N) is 2. The van der Waals surface area contributed by atoms with Crippen molar-refractivity contribution in [2.45, 2.75) is 19.8 Å². The van der Waals surface area contributed by atoms with E-state index in [1.54, 1.807) is 6.07 Å². The average molecular weight is 284 g/mol. The monoisotopic (exact) mass is 283 g/mol. The summed E-state index contributed by atoms with van der Waals surface area (Å²) < 4.78 is 0. The van der Waals surface area contributed by atoms with Crippen molar-refractivity contribution < 1.29 is 4.92 Å². The van der Waals surface area contributed by atoms with Gasteiger partial charge in [0.25, 0.3) is 5.69 Å². The number of benzene rings is 1. The van der Waals surface area contributed by atoms with Crippen molar-refractivity contribution in [3.05, 3.63) is 33.3 Å². The lowest BCUT2D eigenvalue weighted by molar-refractivity contribution is -0.384. The van der Waals surface area contributed by atoms with Gasteiger partial charge in [0.1, 0.15) is 0 Å². The Balaban J connectivity index is 2.01. The molecule has 1 aromatic rings. The van der Waals surface area contributed by atoms with Crippen LogP contribution in [0.25, 0.3) is 0 Å². The van der Waals surface area contributed by atoms with Crippen LogP contribution in [0.5, 0.6) is 0 Å². The Bertz CT molecular complexity index is 473. The molecule has 1 aromatic carbocycles. The van der Waals surface area contributed by atoms with Crippen LogP contribution in [-0.2, 0) is 0 Å². The molecule has 0 bridgehead atoms. The van der Waals surface area contributed by atoms with Gasteiger partial charge in [-0.1, -0.05) is 18.5 Å². The second-order valence-electron chi connectivity index (χ2n) is 5.34. The van der Waals surface area contributed by atoms with Crippen molar-refractivity contribution in [2.24, 2.45) is 5.41 Å². The molecule has 0 atom stereocenters. The molecule has 104 valence electrons. The number of non-ortho nitro benzene ring substituents is 1. The summed E-state index contributed by atoms with van der Waals surface area (Å²) in [6.07, 6.45) is 2.23. The minimum Gasteiger partial charge on any atom is -0.383 e. The number of hydrogen-bond acceptors (Lipinski definition) is 4. The zero-order valence-electron chi connectivity index (χ0n) is 10.9. The van der Waals surface area contributed by atoms with Gasteiger partial charge in [-0.3, -0.25) is 10.1 Å². The normalized spacial score (nSPS) is 18.0. The zero-order valence-corrected chi connectivity index (χ0v) is 11.7. The molecule has 0 saturated carbocycles. The predicted molar refractivity (Wildman–Crippen MR) is 76.8 cm³/mol. The van der Waals surface area contributed by atoms with E-state index in [-0.39, 0.29) is 11.1 Å². The van der Waals surface area contributed by atoms with E-state index in [2.05, 4.69) is 17.6 Å². The molecule has 0 aliphatic carbocycles. The molecule has 1 aliphatic heterocycles. The SMILES string of the molecule is CC1(CNc2ccc([N+](=O)[O-])cc2Cl)CCNCC1. The van der Waals surface area contributed by atoms with E-state index >= 15 is 0 Å². The number of nitro benzene ring substituents is 1. The van der Waals surface area contributed by atoms with Gasteiger partial charge in [0, 0.05) is 18.7 Å². The summed E-state index contributed by atoms with van der Waals surface area (Å²) in [5, 5.41) is 17.7. The highest BCUT2D eigenvalue weighted by molar-refractivity contribution is 6.33. The van der Waals surface area contributed by atoms with Crippen LogP contribution in [0, 0.1) is 15.5 Å². The molecule has 0 spiro atoms. The van der Waals surface area contributed by atoms with Gasteiger partial charge in [0.15, 0.2) is 0 Å². The topological polar surface area (TPSA) is 67.2 Å². The number of rotatable bonds is 4. The summed E-state index contributed by atoms with van der Waals surface area (Å²) in [4.78, 5) is 10.2. The fraction of sp³-hybridized carbons (Fsp3) is 0.538. The van der Waals surface area contributed by atoms with Crippen LogP contribution in [0.2, 0.25) is 5.02 Å². The molecule has 0 unspecified atom stereocenters. The van der Waals surface area contributed by atoms with Gasteiger partial charge in [-0.15, -0.1) is 0 Å². The summed E-state index contributed by atoms with van der Waals surface area (Å²) in [7, 11) is 0. The van der Waals surface area contributed by atoms with Crippen molar-refractivity contribution in [2.75, 3.05) is 25.0 Å². The molecule has 1 aliphatic rings. The largest absolute Gasteiger partial charge is 0.383 e. The quantitative estimate of drug-likeness (QED) is 0.658. The molecule has 5 nitrogen and oxygen atoms in total. The lowest BCUT2D eigenvalue weighted by Gasteiger charge is -2.34. The number of nitro groups is 1. The minimum atomic E-state index is -0.441. The van der Waals surface area contributed by atoms with Gasteiger partial charge in [0.05, 0.1) is 15.6 Å². The van der Waals surface area contributed by atoms with Gasteiger partial charge < -0.3 is 10.6 Å². The molecule has 6 heteroatoms. The van der Waals surface area contributed by atoms with Crippen molar-refractivity contribution >= 4 is 23.0 Å². The second kappa shape index (κ2) is 5.75. The lowest BCUT2D eigenvalue weighted by atomic mass is 9.81. The molecule has 2 N–H and O–H groups in total. The van der Waals surface area contributed by atoms with Crippen LogP contribution in [-0.4, -0.2) is 24.6 Å². The third-order valence-corrected chi connectivity index (χ3v) is 3.99. The molecule has 1 heterocycles. The summed E-state index contributed by atoms with van der Waals surface area (Å²) in [5.41, 5.74) is 1.02. The fourth-order valence-electron chi connectivity index (χ4n) is 2.28. The molecule has 0 radical (unpaired) electrons. The van der Waals surface area contributed by atoms with E-state index in [0.29, 0.717) is 5.02 Å². The first-order valence-electron chi connectivity index (χ1n) is 6.39. The molecule has 0 aromatic heterocycles. The highest BCUT2D eigenvalue weighted by Gasteiger charge is 2.26. The fourth-order valence-corrected chi connectivity index (χ4v) is 2.52. The van der Waals surface area contributed by atoms with Gasteiger partial charge in [0.2, 0.25) is 0 Å². The maximum Gasteiger partial charge on any atom is 0.271 e. The van der Waals surface area contributed by atoms with E-state index < -0.39 is 4.92 Å². The molecule has 1 saturated heterocycles. The van der Waals surface area contributed by atoms with Crippen LogP contribution < -0.4 is 10.6 Å². The molecule has 2 rings (SSSR count). The average Bonchev–Trinajstić information content (AvgIpc) is 2.38. The van der Waals surface area contributed by atoms with Crippen molar-refractivity contribution in [3.63, 3.8) is 0 Å². The second-order valence-corrected chi connectivity index (χ2v) is 5.74. The maximum atomic E-state index is 10.6. The Labute approximate surface area is 117 Å². The number of piperidine rings is 1. The van der Waals surface area contributed by atoms with Crippen LogP contribution in [0.3, 0.4) is 0 Å². The van der Waals surface area contributed by atoms with Crippen LogP contribution >= 0.6 is 11.6 Å². The number of halogens is 1. The summed E-state index contributed by atoms with van der Waals surface area (Å²) in [5.74, 6) is 0. The standard InChI is InChI=1S/C13H18ClN3O2/c1-13(4-6-15-7-5-13)9-16-12-3-2-10(17(18)19)8-11(12)14/h2-3,8,15-16H,4-7,9H2,1H3. The van der Waals surface area contributed by atoms with Crippen molar-refractivity contribution in [1.29, 1.82) is 0 Å². The first-order valence-corrected chi connectivity index (χ1v) is 6.77. The van der Waals surface area contributed by atoms with E-state index in [1.165, 1.54) is 12.1 Å². The van der Waals surface area contributed by atoms with Gasteiger partial charge in [-0.2, -0.15) is 0 Å². The van der Waals surface area contributed by atoms with Gasteiger partial charge in [-0.05, 0) is 37.4 Å². The number of nitrogens with zero attached hydrogens (tertiary/aromatic N) is 1. The van der Waals surface area contributed by atoms with Crippen LogP contribution in [0.4, 0.5) is 11.4 Å². The Morgan fingerprint density at radius 1 is 1.47 bits per heavy atom. The first kappa shape index (κ1) is 14.1. The van der Waals surface area contributed by atoms with Crippen molar-refractivity contribution in [3.8, 4) is 0 Å². The Kier molecular flexibility index (Phi) is 4.27. The van der Waals surface area contributed by atoms with E-state index in [4.69, 9.17) is 11.6 Å². The first-order chi connectivity index (χ1) is 9.00. The zero-order chi connectivity index (χ0) is 13.9. The number of anilines is 1. The van der Waals surface area contributed by atoms with Gasteiger partial charge >= 0.3 is 0 Å². The molecule has 19 heavy (non-hydrogen) atoms. The Morgan fingerprint density at radius 2 is 2.16 bits per heavy atom. The maximum absolute atomic E-state index is 10.6. The van der Waals surface area contributed by atoms with E-state index in [9.17, 15) is 10.1 Å². The van der Waals surface area contributed by atoms with Crippen LogP contribution in [0.15, 0.2) is 18.2 Å². The highest BCUT2D eigenvalue weighted by Crippen LogP contribution is 2.31. The third kappa shape index (κ3) is 3.58. The lowest BCUT2D eigenvalue weighted by Crippen LogP contribution is -2.39. The molecular formula is C13H18ClN3O2. The number of hydrogen-bond donors (Lipinski definition) is 2. The van der Waals surface area contributed by atoms with Gasteiger partial charge in [-0.25, -0.2) is 0 Å². The summed E-state index contributed by atoms with van der Waals surface area (Å²) in [6.45, 7) is 5.14. The Morgan fingerprint density at radius 3 is 2.74 bits per heavy atom. The molecular weight excluding hydrogens is 266 g/mol. The summed E-state index contributed by atoms with van der Waals surface area (Å²) in [6, 6.07) is 4.53. The van der Waals surface area contributed by atoms with Crippen molar-refractivity contribution in [1.82, 2.24) is 5.32 Å². The molecule has 1 fully saturated rings. The minimum absolute atomic E-state index is 0.0172. The van der Waals surface area contributed by atoms with E-state index in [0.717, 1.165) is 38.2 Å². The third-order valence-electron chi connectivity index (χ3n) is 3.68. The Hall–Kier alpha value is -1.33. The highest BCUT2D eigenvalue weighted by atomic mass is 35.5. The molecule has 0 amide bonds. The smallest absolute Gasteiger partial charge is 0.271 e. The summed E-state index contributed by atoms with van der Waals surface area (Å²) >= 11 is 6.06.